The fourth-order valence-electron chi connectivity index (χ4n) is 2.60. The maximum absolute atomic E-state index is 11.1. The smallest absolute Gasteiger partial charge is 0.336 e. The topological polar surface area (TPSA) is 93.1 Å². The van der Waals surface area contributed by atoms with Gasteiger partial charge in [-0.15, -0.1) is 0 Å². The average molecular weight is 294 g/mol. The van der Waals surface area contributed by atoms with E-state index in [1.165, 1.54) is 0 Å². The summed E-state index contributed by atoms with van der Waals surface area (Å²) in [5.41, 5.74) is 2.83. The van der Waals surface area contributed by atoms with E-state index in [1.54, 1.807) is 6.07 Å². The molecule has 1 aromatic rings. The Kier molecular flexibility index (Phi) is 4.59. The van der Waals surface area contributed by atoms with E-state index in [0.717, 1.165) is 24.0 Å². The Labute approximate surface area is 122 Å². The van der Waals surface area contributed by atoms with Gasteiger partial charge < -0.3 is 19.7 Å². The van der Waals surface area contributed by atoms with Gasteiger partial charge in [0.1, 0.15) is 0 Å². The van der Waals surface area contributed by atoms with Gasteiger partial charge in [0, 0.05) is 5.56 Å². The zero-order valence-corrected chi connectivity index (χ0v) is 11.9. The lowest BCUT2D eigenvalue weighted by molar-refractivity contribution is -0.156. The van der Waals surface area contributed by atoms with Crippen molar-refractivity contribution in [2.24, 2.45) is 0 Å². The maximum Gasteiger partial charge on any atom is 0.336 e. The minimum absolute atomic E-state index is 0.701. The molecule has 1 aliphatic heterocycles. The Hall–Kier alpha value is -1.92. The third kappa shape index (κ3) is 2.91. The molecule has 1 heterocycles. The van der Waals surface area contributed by atoms with Crippen LogP contribution in [-0.4, -0.2) is 34.4 Å². The number of hydrogen-bond donors (Lipinski definition) is 2. The van der Waals surface area contributed by atoms with Crippen molar-refractivity contribution in [3.05, 3.63) is 34.9 Å². The molecule has 2 atom stereocenters. The van der Waals surface area contributed by atoms with E-state index in [1.807, 2.05) is 26.0 Å². The Bertz CT molecular complexity index is 531. The lowest BCUT2D eigenvalue weighted by Gasteiger charge is -2.17. The molecule has 0 bridgehead atoms. The van der Waals surface area contributed by atoms with E-state index in [0.29, 0.717) is 5.56 Å². The molecular formula is C15H18O6. The van der Waals surface area contributed by atoms with Crippen molar-refractivity contribution >= 4 is 11.9 Å². The Morgan fingerprint density at radius 1 is 1.05 bits per heavy atom. The molecule has 0 saturated carbocycles. The normalized spacial score (nSPS) is 25.0. The summed E-state index contributed by atoms with van der Waals surface area (Å²) in [7, 11) is 0. The first-order chi connectivity index (χ1) is 9.99. The summed E-state index contributed by atoms with van der Waals surface area (Å²) in [6.45, 7) is 4.01. The van der Waals surface area contributed by atoms with E-state index in [9.17, 15) is 9.59 Å². The lowest BCUT2D eigenvalue weighted by atomic mass is 9.97. The number of carboxylic acid groups (broad SMARTS) is 2. The van der Waals surface area contributed by atoms with Gasteiger partial charge in [-0.1, -0.05) is 32.0 Å². The highest BCUT2D eigenvalue weighted by molar-refractivity contribution is 5.84. The van der Waals surface area contributed by atoms with Crippen LogP contribution in [0.3, 0.4) is 0 Å². The van der Waals surface area contributed by atoms with Gasteiger partial charge in [-0.3, -0.25) is 0 Å². The molecule has 0 aromatic heterocycles. The quantitative estimate of drug-likeness (QED) is 0.859. The lowest BCUT2D eigenvalue weighted by Crippen LogP contribution is -2.36. The molecule has 1 aliphatic rings. The van der Waals surface area contributed by atoms with Crippen LogP contribution in [0.5, 0.6) is 0 Å². The van der Waals surface area contributed by atoms with Crippen molar-refractivity contribution in [3.63, 3.8) is 0 Å². The van der Waals surface area contributed by atoms with Gasteiger partial charge in [0.15, 0.2) is 18.5 Å². The number of carbonyl (C=O) groups is 2. The zero-order chi connectivity index (χ0) is 15.6. The monoisotopic (exact) mass is 294 g/mol. The van der Waals surface area contributed by atoms with Crippen LogP contribution < -0.4 is 0 Å². The molecule has 1 fully saturated rings. The number of benzene rings is 1. The molecule has 0 amide bonds. The van der Waals surface area contributed by atoms with Gasteiger partial charge >= 0.3 is 11.9 Å². The minimum atomic E-state index is -1.50. The summed E-state index contributed by atoms with van der Waals surface area (Å²) in [6.07, 6.45) is -2.40. The average Bonchev–Trinajstić information content (AvgIpc) is 2.91. The fraction of sp³-hybridized carbons (Fsp3) is 0.467. The van der Waals surface area contributed by atoms with Crippen molar-refractivity contribution in [1.29, 1.82) is 0 Å². The Morgan fingerprint density at radius 2 is 1.62 bits per heavy atom. The van der Waals surface area contributed by atoms with E-state index < -0.39 is 30.4 Å². The van der Waals surface area contributed by atoms with Crippen molar-refractivity contribution in [2.75, 3.05) is 0 Å². The minimum Gasteiger partial charge on any atom is -0.479 e. The molecular weight excluding hydrogens is 276 g/mol. The molecule has 114 valence electrons. The van der Waals surface area contributed by atoms with Crippen molar-refractivity contribution in [1.82, 2.24) is 0 Å². The summed E-state index contributed by atoms with van der Waals surface area (Å²) in [6, 6.07) is 5.61. The third-order valence-corrected chi connectivity index (χ3v) is 3.60. The molecule has 0 radical (unpaired) electrons. The van der Waals surface area contributed by atoms with Crippen molar-refractivity contribution in [2.45, 2.75) is 45.2 Å². The molecule has 6 nitrogen and oxygen atoms in total. The number of aliphatic carboxylic acids is 2. The predicted molar refractivity (Wildman–Crippen MR) is 73.0 cm³/mol. The molecule has 0 aliphatic carbocycles. The molecule has 1 saturated heterocycles. The van der Waals surface area contributed by atoms with E-state index in [2.05, 4.69) is 0 Å². The second-order valence-corrected chi connectivity index (χ2v) is 4.81. The summed E-state index contributed by atoms with van der Waals surface area (Å²) >= 11 is 0. The highest BCUT2D eigenvalue weighted by Gasteiger charge is 2.46. The molecule has 2 unspecified atom stereocenters. The summed E-state index contributed by atoms with van der Waals surface area (Å²) < 4.78 is 10.6. The number of hydrogen-bond acceptors (Lipinski definition) is 4. The van der Waals surface area contributed by atoms with Crippen LogP contribution in [0.15, 0.2) is 18.2 Å². The van der Waals surface area contributed by atoms with Gasteiger partial charge in [-0.05, 0) is 24.0 Å². The number of rotatable bonds is 5. The zero-order valence-electron chi connectivity index (χ0n) is 11.9. The fourth-order valence-corrected chi connectivity index (χ4v) is 2.60. The van der Waals surface area contributed by atoms with Gasteiger partial charge in [0.05, 0.1) is 0 Å². The van der Waals surface area contributed by atoms with Gasteiger partial charge in [-0.2, -0.15) is 0 Å². The van der Waals surface area contributed by atoms with Gasteiger partial charge in [-0.25, -0.2) is 9.59 Å². The maximum atomic E-state index is 11.1. The van der Waals surface area contributed by atoms with Crippen LogP contribution in [0.25, 0.3) is 0 Å². The third-order valence-electron chi connectivity index (χ3n) is 3.60. The molecule has 6 heteroatoms. The van der Waals surface area contributed by atoms with Crippen LogP contribution >= 0.6 is 0 Å². The first-order valence-corrected chi connectivity index (χ1v) is 6.86. The molecule has 1 aromatic carbocycles. The number of carboxylic acids is 2. The molecule has 2 rings (SSSR count). The highest BCUT2D eigenvalue weighted by Crippen LogP contribution is 2.34. The van der Waals surface area contributed by atoms with Crippen LogP contribution in [-0.2, 0) is 31.9 Å². The van der Waals surface area contributed by atoms with Crippen LogP contribution in [0, 0.1) is 0 Å². The summed E-state index contributed by atoms with van der Waals surface area (Å²) in [4.78, 5) is 22.2. The molecule has 21 heavy (non-hydrogen) atoms. The molecule has 2 N–H and O–H groups in total. The Balaban J connectivity index is 2.36. The van der Waals surface area contributed by atoms with Gasteiger partial charge in [0.2, 0.25) is 0 Å². The standard InChI is InChI=1S/C15H18O6/c1-3-8-6-5-7-10(9(8)4-2)15-20-11(13(16)17)12(21-15)14(18)19/h5-7,11-12,15H,3-4H2,1-2H3,(H,16,17)(H,18,19). The van der Waals surface area contributed by atoms with Crippen LogP contribution in [0.4, 0.5) is 0 Å². The van der Waals surface area contributed by atoms with E-state index >= 15 is 0 Å². The first kappa shape index (κ1) is 15.5. The number of aryl methyl sites for hydroxylation is 1. The SMILES string of the molecule is CCc1cccc(C2OC(C(=O)O)C(C(=O)O)O2)c1CC. The second kappa shape index (κ2) is 6.24. The first-order valence-electron chi connectivity index (χ1n) is 6.86. The second-order valence-electron chi connectivity index (χ2n) is 4.81. The number of ether oxygens (including phenoxy) is 2. The van der Waals surface area contributed by atoms with Crippen LogP contribution in [0.1, 0.15) is 36.8 Å². The largest absolute Gasteiger partial charge is 0.479 e. The highest BCUT2D eigenvalue weighted by atomic mass is 16.7. The van der Waals surface area contributed by atoms with Crippen molar-refractivity contribution in [3.8, 4) is 0 Å². The van der Waals surface area contributed by atoms with E-state index in [4.69, 9.17) is 19.7 Å². The van der Waals surface area contributed by atoms with Crippen molar-refractivity contribution < 1.29 is 29.3 Å². The van der Waals surface area contributed by atoms with Crippen LogP contribution in [0.2, 0.25) is 0 Å². The molecule has 0 spiro atoms. The Morgan fingerprint density at radius 3 is 2.05 bits per heavy atom. The summed E-state index contributed by atoms with van der Waals surface area (Å²) in [5.74, 6) is -2.68. The summed E-state index contributed by atoms with van der Waals surface area (Å²) in [5, 5.41) is 18.1. The van der Waals surface area contributed by atoms with E-state index in [-0.39, 0.29) is 0 Å². The predicted octanol–water partition coefficient (Wildman–Crippen LogP) is 1.76. The van der Waals surface area contributed by atoms with Gasteiger partial charge in [0.25, 0.3) is 0 Å².